The number of carbonyl (C=O) groups is 1. The van der Waals surface area contributed by atoms with E-state index < -0.39 is 0 Å². The summed E-state index contributed by atoms with van der Waals surface area (Å²) in [5, 5.41) is 2.65. The highest BCUT2D eigenvalue weighted by atomic mass is 32.1. The van der Waals surface area contributed by atoms with Gasteiger partial charge in [-0.3, -0.25) is 4.79 Å². The summed E-state index contributed by atoms with van der Waals surface area (Å²) in [6, 6.07) is 0.578. The predicted octanol–water partition coefficient (Wildman–Crippen LogP) is 1.79. The molecule has 0 aromatic carbocycles. The first-order chi connectivity index (χ1) is 10.0. The van der Waals surface area contributed by atoms with E-state index in [9.17, 15) is 4.79 Å². The Kier molecular flexibility index (Phi) is 5.72. The quantitative estimate of drug-likeness (QED) is 0.901. The van der Waals surface area contributed by atoms with E-state index in [2.05, 4.69) is 30.8 Å². The number of aromatic nitrogens is 1. The molecule has 2 heterocycles. The Morgan fingerprint density at radius 2 is 2.19 bits per heavy atom. The number of nitrogens with two attached hydrogens (primary N) is 1. The van der Waals surface area contributed by atoms with E-state index >= 15 is 0 Å². The van der Waals surface area contributed by atoms with E-state index in [1.807, 2.05) is 10.3 Å². The first-order valence-electron chi connectivity index (χ1n) is 7.65. The molecule has 0 atom stereocenters. The summed E-state index contributed by atoms with van der Waals surface area (Å²) in [5.74, 6) is 0.748. The van der Waals surface area contributed by atoms with Gasteiger partial charge in [-0.15, -0.1) is 11.3 Å². The summed E-state index contributed by atoms with van der Waals surface area (Å²) in [7, 11) is 2.17. The number of nitrogens with zero attached hydrogens (tertiary/aromatic N) is 3. The minimum atomic E-state index is 0.0571. The van der Waals surface area contributed by atoms with Gasteiger partial charge in [0.15, 0.2) is 0 Å². The fourth-order valence-corrected chi connectivity index (χ4v) is 3.25. The molecule has 118 valence electrons. The second kappa shape index (κ2) is 7.33. The summed E-state index contributed by atoms with van der Waals surface area (Å²) in [4.78, 5) is 21.0. The molecular formula is C15H26N4OS. The molecule has 0 bridgehead atoms. The normalized spacial score (nSPS) is 17.0. The topological polar surface area (TPSA) is 62.5 Å². The van der Waals surface area contributed by atoms with Crippen molar-refractivity contribution in [2.75, 3.05) is 26.7 Å². The van der Waals surface area contributed by atoms with Crippen molar-refractivity contribution in [3.63, 3.8) is 0 Å². The fraction of sp³-hybridized carbons (Fsp3) is 0.733. The lowest BCUT2D eigenvalue weighted by Gasteiger charge is -2.34. The zero-order valence-electron chi connectivity index (χ0n) is 13.2. The van der Waals surface area contributed by atoms with Gasteiger partial charge in [0.1, 0.15) is 10.7 Å². The lowest BCUT2D eigenvalue weighted by molar-refractivity contribution is 0.0661. The highest BCUT2D eigenvalue weighted by molar-refractivity contribution is 7.09. The zero-order chi connectivity index (χ0) is 15.4. The van der Waals surface area contributed by atoms with Crippen LogP contribution in [-0.4, -0.2) is 53.4 Å². The molecule has 1 aromatic heterocycles. The van der Waals surface area contributed by atoms with Crippen LogP contribution >= 0.6 is 11.3 Å². The molecule has 2 N–H and O–H groups in total. The Labute approximate surface area is 131 Å². The third-order valence-electron chi connectivity index (χ3n) is 4.27. The van der Waals surface area contributed by atoms with Crippen LogP contribution in [0.4, 0.5) is 0 Å². The monoisotopic (exact) mass is 310 g/mol. The van der Waals surface area contributed by atoms with Crippen molar-refractivity contribution in [3.8, 4) is 0 Å². The molecule has 1 saturated heterocycles. The Morgan fingerprint density at radius 1 is 1.52 bits per heavy atom. The molecule has 1 aliphatic rings. The average molecular weight is 310 g/mol. The molecule has 5 nitrogen and oxygen atoms in total. The van der Waals surface area contributed by atoms with Gasteiger partial charge in [0, 0.05) is 37.6 Å². The summed E-state index contributed by atoms with van der Waals surface area (Å²) >= 11 is 1.46. The summed E-state index contributed by atoms with van der Waals surface area (Å²) in [5.41, 5.74) is 6.10. The van der Waals surface area contributed by atoms with Crippen molar-refractivity contribution in [3.05, 3.63) is 16.1 Å². The van der Waals surface area contributed by atoms with Crippen LogP contribution in [0, 0.1) is 5.92 Å². The van der Waals surface area contributed by atoms with Gasteiger partial charge < -0.3 is 15.5 Å². The molecule has 1 fully saturated rings. The SMILES string of the molecule is CC(C)N(C)CC1CCN(C(=O)c2csc(CN)n2)CC1. The molecule has 1 aromatic rings. The molecule has 0 saturated carbocycles. The van der Waals surface area contributed by atoms with Gasteiger partial charge in [-0.05, 0) is 39.7 Å². The highest BCUT2D eigenvalue weighted by Crippen LogP contribution is 2.21. The summed E-state index contributed by atoms with van der Waals surface area (Å²) in [6.07, 6.45) is 2.16. The van der Waals surface area contributed by atoms with Crippen molar-refractivity contribution in [1.29, 1.82) is 0 Å². The van der Waals surface area contributed by atoms with Crippen LogP contribution in [0.2, 0.25) is 0 Å². The molecule has 0 unspecified atom stereocenters. The Morgan fingerprint density at radius 3 is 2.71 bits per heavy atom. The van der Waals surface area contributed by atoms with E-state index in [0.717, 1.165) is 37.5 Å². The first kappa shape index (κ1) is 16.4. The summed E-state index contributed by atoms with van der Waals surface area (Å²) in [6.45, 7) is 7.64. The maximum absolute atomic E-state index is 12.4. The van der Waals surface area contributed by atoms with E-state index in [0.29, 0.717) is 24.2 Å². The van der Waals surface area contributed by atoms with Crippen molar-refractivity contribution in [2.24, 2.45) is 11.7 Å². The number of hydrogen-bond donors (Lipinski definition) is 1. The predicted molar refractivity (Wildman–Crippen MR) is 86.4 cm³/mol. The van der Waals surface area contributed by atoms with Crippen LogP contribution < -0.4 is 5.73 Å². The van der Waals surface area contributed by atoms with E-state index in [-0.39, 0.29) is 5.91 Å². The Balaban J connectivity index is 1.84. The van der Waals surface area contributed by atoms with E-state index in [4.69, 9.17) is 5.73 Å². The molecule has 2 rings (SSSR count). The van der Waals surface area contributed by atoms with Gasteiger partial charge in [0.25, 0.3) is 5.91 Å². The molecular weight excluding hydrogens is 284 g/mol. The smallest absolute Gasteiger partial charge is 0.273 e. The second-order valence-corrected chi connectivity index (χ2v) is 7.04. The van der Waals surface area contributed by atoms with Crippen LogP contribution in [0.1, 0.15) is 42.2 Å². The molecule has 21 heavy (non-hydrogen) atoms. The van der Waals surface area contributed by atoms with Crippen molar-refractivity contribution < 1.29 is 4.79 Å². The maximum Gasteiger partial charge on any atom is 0.273 e. The minimum absolute atomic E-state index is 0.0571. The van der Waals surface area contributed by atoms with Crippen molar-refractivity contribution in [1.82, 2.24) is 14.8 Å². The third-order valence-corrected chi connectivity index (χ3v) is 5.15. The second-order valence-electron chi connectivity index (χ2n) is 6.10. The number of amides is 1. The number of carbonyl (C=O) groups excluding carboxylic acids is 1. The molecule has 1 aliphatic heterocycles. The van der Waals surface area contributed by atoms with Gasteiger partial charge in [-0.2, -0.15) is 0 Å². The van der Waals surface area contributed by atoms with Crippen LogP contribution in [0.3, 0.4) is 0 Å². The number of thiazole rings is 1. The number of rotatable bonds is 5. The van der Waals surface area contributed by atoms with Crippen LogP contribution in [0.15, 0.2) is 5.38 Å². The first-order valence-corrected chi connectivity index (χ1v) is 8.53. The number of hydrogen-bond acceptors (Lipinski definition) is 5. The third kappa shape index (κ3) is 4.25. The zero-order valence-corrected chi connectivity index (χ0v) is 14.0. The van der Waals surface area contributed by atoms with Crippen LogP contribution in [0.25, 0.3) is 0 Å². The maximum atomic E-state index is 12.4. The highest BCUT2D eigenvalue weighted by Gasteiger charge is 2.25. The number of likely N-dealkylation sites (tertiary alicyclic amines) is 1. The standard InChI is InChI=1S/C15H26N4OS/c1-11(2)18(3)9-12-4-6-19(7-5-12)15(20)13-10-21-14(8-16)17-13/h10-12H,4-9,16H2,1-3H3. The largest absolute Gasteiger partial charge is 0.337 e. The minimum Gasteiger partial charge on any atom is -0.337 e. The average Bonchev–Trinajstić information content (AvgIpc) is 2.96. The summed E-state index contributed by atoms with van der Waals surface area (Å²) < 4.78 is 0. The molecule has 0 aliphatic carbocycles. The van der Waals surface area contributed by atoms with Gasteiger partial charge in [-0.1, -0.05) is 0 Å². The van der Waals surface area contributed by atoms with E-state index in [1.54, 1.807) is 0 Å². The Bertz CT molecular complexity index is 466. The van der Waals surface area contributed by atoms with Crippen molar-refractivity contribution in [2.45, 2.75) is 39.3 Å². The fourth-order valence-electron chi connectivity index (χ4n) is 2.60. The molecule has 6 heteroatoms. The van der Waals surface area contributed by atoms with Crippen LogP contribution in [0.5, 0.6) is 0 Å². The van der Waals surface area contributed by atoms with Crippen LogP contribution in [-0.2, 0) is 6.54 Å². The van der Waals surface area contributed by atoms with Gasteiger partial charge in [-0.25, -0.2) is 4.98 Å². The van der Waals surface area contributed by atoms with Gasteiger partial charge in [0.05, 0.1) is 0 Å². The lowest BCUT2D eigenvalue weighted by atomic mass is 9.95. The van der Waals surface area contributed by atoms with Crippen molar-refractivity contribution >= 4 is 17.2 Å². The molecule has 0 radical (unpaired) electrons. The molecule has 0 spiro atoms. The Hall–Kier alpha value is -0.980. The lowest BCUT2D eigenvalue weighted by Crippen LogP contribution is -2.42. The van der Waals surface area contributed by atoms with Gasteiger partial charge >= 0.3 is 0 Å². The van der Waals surface area contributed by atoms with Gasteiger partial charge in [0.2, 0.25) is 0 Å². The number of piperidine rings is 1. The van der Waals surface area contributed by atoms with E-state index in [1.165, 1.54) is 11.3 Å². The molecule has 1 amide bonds.